The van der Waals surface area contributed by atoms with Crippen molar-refractivity contribution in [2.45, 2.75) is 63.3 Å². The lowest BCUT2D eigenvalue weighted by molar-refractivity contribution is 0.0981. The predicted octanol–water partition coefficient (Wildman–Crippen LogP) is 4.58. The van der Waals surface area contributed by atoms with E-state index in [2.05, 4.69) is 35.5 Å². The highest BCUT2D eigenvalue weighted by atomic mass is 32.2. The van der Waals surface area contributed by atoms with E-state index in [1.54, 1.807) is 35.0 Å². The van der Waals surface area contributed by atoms with Crippen molar-refractivity contribution in [2.75, 3.05) is 18.1 Å². The fourth-order valence-electron chi connectivity index (χ4n) is 7.55. The number of rotatable bonds is 8. The normalized spacial score (nSPS) is 23.4. The number of carbonyl (C=O) groups is 1. The second-order valence-corrected chi connectivity index (χ2v) is 14.5. The van der Waals surface area contributed by atoms with Gasteiger partial charge in [0.05, 0.1) is 17.1 Å². The van der Waals surface area contributed by atoms with Gasteiger partial charge in [0.1, 0.15) is 5.82 Å². The fraction of sp³-hybridized carbons (Fsp3) is 0.500. The van der Waals surface area contributed by atoms with E-state index in [1.807, 2.05) is 12.3 Å². The molecule has 0 bridgehead atoms. The van der Waals surface area contributed by atoms with Crippen molar-refractivity contribution < 1.29 is 17.9 Å². The zero-order chi connectivity index (χ0) is 27.9. The Kier molecular flexibility index (Phi) is 5.46. The van der Waals surface area contributed by atoms with Gasteiger partial charge in [0.25, 0.3) is 15.9 Å². The molecule has 3 aliphatic carbocycles. The molecular formula is C30H35N5O4S. The fourth-order valence-corrected chi connectivity index (χ4v) is 8.53. The van der Waals surface area contributed by atoms with Crippen LogP contribution in [0.5, 0.6) is 5.88 Å². The summed E-state index contributed by atoms with van der Waals surface area (Å²) in [4.78, 5) is 20.4. The molecule has 2 spiro atoms. The van der Waals surface area contributed by atoms with E-state index < -0.39 is 15.9 Å². The molecule has 7 rings (SSSR count). The van der Waals surface area contributed by atoms with E-state index in [4.69, 9.17) is 9.72 Å². The molecule has 3 aromatic rings. The minimum Gasteiger partial charge on any atom is -0.476 e. The van der Waals surface area contributed by atoms with Crippen LogP contribution in [0.3, 0.4) is 0 Å². The molecule has 1 amide bonds. The van der Waals surface area contributed by atoms with Crippen molar-refractivity contribution >= 4 is 21.7 Å². The number of pyridine rings is 1. The number of anilines is 1. The van der Waals surface area contributed by atoms with Crippen molar-refractivity contribution in [1.29, 1.82) is 0 Å². The molecule has 4 aliphatic rings. The number of nitrogens with one attached hydrogen (secondary N) is 1. The summed E-state index contributed by atoms with van der Waals surface area (Å²) < 4.78 is 35.9. The van der Waals surface area contributed by atoms with Gasteiger partial charge in [0.15, 0.2) is 5.82 Å². The summed E-state index contributed by atoms with van der Waals surface area (Å²) in [5, 5.41) is 4.63. The molecule has 40 heavy (non-hydrogen) atoms. The van der Waals surface area contributed by atoms with Crippen LogP contribution in [0.15, 0.2) is 59.6 Å². The molecular weight excluding hydrogens is 526 g/mol. The Morgan fingerprint density at radius 1 is 1.05 bits per heavy atom. The van der Waals surface area contributed by atoms with Crippen molar-refractivity contribution in [3.8, 4) is 11.7 Å². The number of fused-ring (bicyclic) bond motifs is 1. The molecule has 2 aromatic heterocycles. The molecule has 1 saturated heterocycles. The first-order valence-electron chi connectivity index (χ1n) is 14.1. The average Bonchev–Trinajstić information content (AvgIpc) is 3.87. The van der Waals surface area contributed by atoms with Gasteiger partial charge in [-0.1, -0.05) is 25.1 Å². The Bertz CT molecular complexity index is 1570. The number of amides is 1. The van der Waals surface area contributed by atoms with Crippen molar-refractivity contribution in [3.05, 3.63) is 60.3 Å². The maximum absolute atomic E-state index is 13.4. The zero-order valence-corrected chi connectivity index (χ0v) is 23.9. The van der Waals surface area contributed by atoms with E-state index >= 15 is 0 Å². The van der Waals surface area contributed by atoms with Crippen LogP contribution in [0.4, 0.5) is 5.82 Å². The Labute approximate surface area is 235 Å². The van der Waals surface area contributed by atoms with Crippen LogP contribution in [-0.4, -0.2) is 47.8 Å². The minimum atomic E-state index is -4.04. The lowest BCUT2D eigenvalue weighted by atomic mass is 9.97. The topological polar surface area (TPSA) is 106 Å². The highest BCUT2D eigenvalue weighted by Gasteiger charge is 2.86. The molecule has 1 aliphatic heterocycles. The van der Waals surface area contributed by atoms with Gasteiger partial charge < -0.3 is 9.64 Å². The summed E-state index contributed by atoms with van der Waals surface area (Å²) >= 11 is 0. The van der Waals surface area contributed by atoms with E-state index in [1.165, 1.54) is 37.8 Å². The Morgan fingerprint density at radius 2 is 1.75 bits per heavy atom. The van der Waals surface area contributed by atoms with E-state index in [-0.39, 0.29) is 16.0 Å². The first-order chi connectivity index (χ1) is 19.0. The standard InChI is InChI=1S/C30H35N5O4S/c1-20-17-28(2,3)34(18-20)26-22(27(36)33-40(37,38)21-7-5-4-6-8-21)9-10-24(31-26)35-16-11-25(32-35)39-19-23-29(12-13-29)30(23)14-15-30/h4-11,16,20,23H,12-15,17-19H2,1-3H3,(H,33,36)/t20-/m0/s1. The Hall–Kier alpha value is -3.40. The maximum Gasteiger partial charge on any atom is 0.268 e. The first kappa shape index (κ1) is 25.6. The number of hydrogen-bond acceptors (Lipinski definition) is 7. The van der Waals surface area contributed by atoms with E-state index in [0.717, 1.165) is 6.42 Å². The molecule has 10 heteroatoms. The third-order valence-electron chi connectivity index (χ3n) is 9.73. The molecule has 210 valence electrons. The molecule has 3 saturated carbocycles. The highest BCUT2D eigenvalue weighted by molar-refractivity contribution is 7.90. The molecule has 4 fully saturated rings. The lowest BCUT2D eigenvalue weighted by Gasteiger charge is -2.34. The van der Waals surface area contributed by atoms with Gasteiger partial charge in [0.2, 0.25) is 5.88 Å². The number of sulfonamides is 1. The number of nitrogens with zero attached hydrogens (tertiary/aromatic N) is 4. The third kappa shape index (κ3) is 4.02. The van der Waals surface area contributed by atoms with Crippen LogP contribution in [0.2, 0.25) is 0 Å². The summed E-state index contributed by atoms with van der Waals surface area (Å²) in [5.74, 6) is 1.87. The summed E-state index contributed by atoms with van der Waals surface area (Å²) in [6, 6.07) is 13.0. The van der Waals surface area contributed by atoms with Gasteiger partial charge in [-0.25, -0.2) is 22.8 Å². The number of benzene rings is 1. The summed E-state index contributed by atoms with van der Waals surface area (Å²) in [7, 11) is -4.04. The van der Waals surface area contributed by atoms with Crippen molar-refractivity contribution in [1.82, 2.24) is 19.5 Å². The SMILES string of the molecule is C[C@@H]1CN(c2nc(-n3ccc(OCC4C5(CC5)C45CC5)n3)ccc2C(=O)NS(=O)(=O)c2ccccc2)C(C)(C)C1. The monoisotopic (exact) mass is 561 g/mol. The third-order valence-corrected chi connectivity index (χ3v) is 11.1. The number of hydrogen-bond donors (Lipinski definition) is 1. The maximum atomic E-state index is 13.4. The molecule has 1 aromatic carbocycles. The van der Waals surface area contributed by atoms with Crippen LogP contribution >= 0.6 is 0 Å². The van der Waals surface area contributed by atoms with Crippen LogP contribution in [-0.2, 0) is 10.0 Å². The molecule has 9 nitrogen and oxygen atoms in total. The van der Waals surface area contributed by atoms with Crippen molar-refractivity contribution in [2.24, 2.45) is 22.7 Å². The van der Waals surface area contributed by atoms with Crippen LogP contribution in [0.1, 0.15) is 63.2 Å². The second kappa shape index (κ2) is 8.55. The Balaban J connectivity index is 1.16. The summed E-state index contributed by atoms with van der Waals surface area (Å²) in [6.45, 7) is 7.81. The molecule has 0 radical (unpaired) electrons. The number of carbonyl (C=O) groups excluding carboxylic acids is 1. The second-order valence-electron chi connectivity index (χ2n) is 12.8. The predicted molar refractivity (Wildman–Crippen MR) is 150 cm³/mol. The van der Waals surface area contributed by atoms with Gasteiger partial charge in [-0.3, -0.25) is 4.79 Å². The molecule has 3 heterocycles. The quantitative estimate of drug-likeness (QED) is 0.429. The largest absolute Gasteiger partial charge is 0.476 e. The first-order valence-corrected chi connectivity index (χ1v) is 15.6. The number of aromatic nitrogens is 3. The smallest absolute Gasteiger partial charge is 0.268 e. The average molecular weight is 562 g/mol. The molecule has 1 atom stereocenters. The van der Waals surface area contributed by atoms with Crippen LogP contribution in [0.25, 0.3) is 5.82 Å². The van der Waals surface area contributed by atoms with Gasteiger partial charge in [-0.05, 0) is 87.0 Å². The van der Waals surface area contributed by atoms with Crippen LogP contribution < -0.4 is 14.4 Å². The summed E-state index contributed by atoms with van der Waals surface area (Å²) in [5.41, 5.74) is 1.09. The molecule has 1 N–H and O–H groups in total. The molecule has 0 unspecified atom stereocenters. The van der Waals surface area contributed by atoms with E-state index in [9.17, 15) is 13.2 Å². The van der Waals surface area contributed by atoms with E-state index in [0.29, 0.717) is 53.3 Å². The highest BCUT2D eigenvalue weighted by Crippen LogP contribution is 2.92. The van der Waals surface area contributed by atoms with Gasteiger partial charge in [0, 0.05) is 30.3 Å². The van der Waals surface area contributed by atoms with Gasteiger partial charge >= 0.3 is 0 Å². The number of ether oxygens (including phenoxy) is 1. The Morgan fingerprint density at radius 3 is 2.38 bits per heavy atom. The lowest BCUT2D eigenvalue weighted by Crippen LogP contribution is -2.41. The zero-order valence-electron chi connectivity index (χ0n) is 23.1. The van der Waals surface area contributed by atoms with Gasteiger partial charge in [-0.2, -0.15) is 0 Å². The van der Waals surface area contributed by atoms with Crippen LogP contribution in [0, 0.1) is 22.7 Å². The summed E-state index contributed by atoms with van der Waals surface area (Å²) in [6.07, 6.45) is 8.12. The van der Waals surface area contributed by atoms with Crippen molar-refractivity contribution in [3.63, 3.8) is 0 Å². The minimum absolute atomic E-state index is 0.0279. The van der Waals surface area contributed by atoms with Gasteiger partial charge in [-0.15, -0.1) is 5.10 Å².